The van der Waals surface area contributed by atoms with Crippen LogP contribution < -0.4 is 15.5 Å². The molecule has 0 saturated carbocycles. The third-order valence-electron chi connectivity index (χ3n) is 5.22. The molecule has 1 saturated heterocycles. The van der Waals surface area contributed by atoms with Gasteiger partial charge in [-0.25, -0.2) is 9.98 Å². The lowest BCUT2D eigenvalue weighted by Gasteiger charge is -2.30. The number of hydrogen-bond acceptors (Lipinski definition) is 4. The van der Waals surface area contributed by atoms with Gasteiger partial charge in [-0.15, -0.1) is 24.0 Å². The van der Waals surface area contributed by atoms with Crippen LogP contribution in [0.2, 0.25) is 0 Å². The summed E-state index contributed by atoms with van der Waals surface area (Å²) in [6.07, 6.45) is 5.62. The van der Waals surface area contributed by atoms with Crippen molar-refractivity contribution in [3.8, 4) is 0 Å². The van der Waals surface area contributed by atoms with Gasteiger partial charge in [-0.05, 0) is 65.5 Å². The van der Waals surface area contributed by atoms with Crippen LogP contribution in [-0.2, 0) is 6.54 Å². The first-order chi connectivity index (χ1) is 13.5. The molecular weight excluding hydrogens is 475 g/mol. The zero-order valence-electron chi connectivity index (χ0n) is 18.9. The van der Waals surface area contributed by atoms with Crippen molar-refractivity contribution in [2.24, 2.45) is 4.99 Å². The number of aliphatic imine (C=N–C) groups is 1. The van der Waals surface area contributed by atoms with Gasteiger partial charge in [0.15, 0.2) is 5.96 Å². The largest absolute Gasteiger partial charge is 0.357 e. The van der Waals surface area contributed by atoms with E-state index in [1.54, 1.807) is 0 Å². The van der Waals surface area contributed by atoms with Crippen molar-refractivity contribution < 1.29 is 0 Å². The molecule has 0 aromatic carbocycles. The molecule has 2 N–H and O–H groups in total. The number of anilines is 1. The fourth-order valence-corrected chi connectivity index (χ4v) is 3.74. The van der Waals surface area contributed by atoms with Gasteiger partial charge >= 0.3 is 0 Å². The molecule has 0 spiro atoms. The van der Waals surface area contributed by atoms with Gasteiger partial charge in [0.25, 0.3) is 0 Å². The summed E-state index contributed by atoms with van der Waals surface area (Å²) in [6, 6.07) is 5.44. The Hall–Kier alpha value is -1.09. The normalized spacial score (nSPS) is 14.6. The Kier molecular flexibility index (Phi) is 12.5. The van der Waals surface area contributed by atoms with Crippen LogP contribution in [0.5, 0.6) is 0 Å². The highest BCUT2D eigenvalue weighted by molar-refractivity contribution is 14.0. The van der Waals surface area contributed by atoms with E-state index in [2.05, 4.69) is 72.2 Å². The Labute approximate surface area is 195 Å². The first-order valence-electron chi connectivity index (χ1n) is 11.0. The van der Waals surface area contributed by atoms with E-state index in [1.165, 1.54) is 12.8 Å². The predicted octanol–water partition coefficient (Wildman–Crippen LogP) is 3.86. The minimum absolute atomic E-state index is 0. The van der Waals surface area contributed by atoms with Crippen LogP contribution in [-0.4, -0.2) is 60.7 Å². The topological polar surface area (TPSA) is 55.8 Å². The first-order valence-corrected chi connectivity index (χ1v) is 11.0. The van der Waals surface area contributed by atoms with Crippen molar-refractivity contribution >= 4 is 35.8 Å². The maximum atomic E-state index is 4.72. The quantitative estimate of drug-likeness (QED) is 0.214. The number of nitrogens with zero attached hydrogens (tertiary/aromatic N) is 4. The average molecular weight is 517 g/mol. The standard InChI is InChI=1S/C22H40N6.HI/c1-6-23-22(24-12-9-15-28(18(2)3)19(4)5)26-17-20-10-11-21(25-16-20)27-13-7-8-14-27;/h10-11,16,18-19H,6-9,12-15,17H2,1-5H3,(H2,23,24,26);1H. The first kappa shape index (κ1) is 25.9. The highest BCUT2D eigenvalue weighted by Gasteiger charge is 2.13. The molecule has 0 radical (unpaired) electrons. The van der Waals surface area contributed by atoms with E-state index in [0.29, 0.717) is 18.6 Å². The fraction of sp³-hybridized carbons (Fsp3) is 0.727. The number of rotatable bonds is 10. The van der Waals surface area contributed by atoms with Crippen LogP contribution in [0, 0.1) is 0 Å². The average Bonchev–Trinajstić information content (AvgIpc) is 3.20. The molecule has 1 aromatic rings. The van der Waals surface area contributed by atoms with Crippen LogP contribution >= 0.6 is 24.0 Å². The molecule has 0 bridgehead atoms. The summed E-state index contributed by atoms with van der Waals surface area (Å²) >= 11 is 0. The molecule has 166 valence electrons. The van der Waals surface area contributed by atoms with Crippen molar-refractivity contribution in [1.29, 1.82) is 0 Å². The van der Waals surface area contributed by atoms with Crippen LogP contribution in [0.3, 0.4) is 0 Å². The van der Waals surface area contributed by atoms with Crippen LogP contribution in [0.15, 0.2) is 23.3 Å². The lowest BCUT2D eigenvalue weighted by molar-refractivity contribution is 0.173. The van der Waals surface area contributed by atoms with E-state index in [9.17, 15) is 0 Å². The molecule has 0 amide bonds. The van der Waals surface area contributed by atoms with Crippen molar-refractivity contribution in [3.05, 3.63) is 23.9 Å². The molecule has 7 heteroatoms. The monoisotopic (exact) mass is 516 g/mol. The second-order valence-electron chi connectivity index (χ2n) is 8.12. The van der Waals surface area contributed by atoms with E-state index in [0.717, 1.165) is 56.5 Å². The lowest BCUT2D eigenvalue weighted by Crippen LogP contribution is -2.41. The van der Waals surface area contributed by atoms with Gasteiger partial charge in [-0.1, -0.05) is 6.07 Å². The number of hydrogen-bond donors (Lipinski definition) is 2. The number of nitrogens with one attached hydrogen (secondary N) is 2. The smallest absolute Gasteiger partial charge is 0.191 e. The SMILES string of the molecule is CCNC(=NCc1ccc(N2CCCC2)nc1)NCCCN(C(C)C)C(C)C.I. The summed E-state index contributed by atoms with van der Waals surface area (Å²) in [7, 11) is 0. The molecule has 2 rings (SSSR count). The summed E-state index contributed by atoms with van der Waals surface area (Å²) in [6.45, 7) is 17.0. The van der Waals surface area contributed by atoms with Crippen LogP contribution in [0.4, 0.5) is 5.82 Å². The number of guanidine groups is 1. The van der Waals surface area contributed by atoms with Crippen molar-refractivity contribution in [2.75, 3.05) is 37.6 Å². The summed E-state index contributed by atoms with van der Waals surface area (Å²) in [4.78, 5) is 14.2. The molecule has 1 aliphatic rings. The van der Waals surface area contributed by atoms with Gasteiger partial charge in [0.1, 0.15) is 5.82 Å². The molecule has 1 fully saturated rings. The number of aromatic nitrogens is 1. The molecule has 1 aromatic heterocycles. The van der Waals surface area contributed by atoms with Gasteiger partial charge in [-0.2, -0.15) is 0 Å². The summed E-state index contributed by atoms with van der Waals surface area (Å²) in [5, 5.41) is 6.80. The Morgan fingerprint density at radius 3 is 2.38 bits per heavy atom. The minimum Gasteiger partial charge on any atom is -0.357 e. The molecular formula is C22H41IN6. The van der Waals surface area contributed by atoms with Gasteiger partial charge < -0.3 is 15.5 Å². The van der Waals surface area contributed by atoms with Crippen molar-refractivity contribution in [2.45, 2.75) is 72.5 Å². The van der Waals surface area contributed by atoms with E-state index < -0.39 is 0 Å². The third kappa shape index (κ3) is 9.07. The van der Waals surface area contributed by atoms with Crippen LogP contribution in [0.1, 0.15) is 59.4 Å². The predicted molar refractivity (Wildman–Crippen MR) is 136 cm³/mol. The highest BCUT2D eigenvalue weighted by atomic mass is 127. The van der Waals surface area contributed by atoms with E-state index >= 15 is 0 Å². The zero-order valence-corrected chi connectivity index (χ0v) is 21.3. The maximum absolute atomic E-state index is 4.72. The van der Waals surface area contributed by atoms with Gasteiger partial charge in [0, 0.05) is 51.0 Å². The fourth-order valence-electron chi connectivity index (χ4n) is 3.74. The summed E-state index contributed by atoms with van der Waals surface area (Å²) in [5.74, 6) is 1.97. The Bertz CT molecular complexity index is 573. The van der Waals surface area contributed by atoms with Gasteiger partial charge in [-0.3, -0.25) is 4.90 Å². The zero-order chi connectivity index (χ0) is 20.4. The van der Waals surface area contributed by atoms with Crippen molar-refractivity contribution in [1.82, 2.24) is 20.5 Å². The van der Waals surface area contributed by atoms with Crippen molar-refractivity contribution in [3.63, 3.8) is 0 Å². The molecule has 0 atom stereocenters. The molecule has 29 heavy (non-hydrogen) atoms. The van der Waals surface area contributed by atoms with E-state index in [1.807, 2.05) is 6.20 Å². The Morgan fingerprint density at radius 2 is 1.83 bits per heavy atom. The summed E-state index contributed by atoms with van der Waals surface area (Å²) < 4.78 is 0. The van der Waals surface area contributed by atoms with Crippen LogP contribution in [0.25, 0.3) is 0 Å². The Balaban J connectivity index is 0.00000420. The minimum atomic E-state index is 0. The van der Waals surface area contributed by atoms with Gasteiger partial charge in [0.2, 0.25) is 0 Å². The van der Waals surface area contributed by atoms with Gasteiger partial charge in [0.05, 0.1) is 6.54 Å². The molecule has 0 aliphatic carbocycles. The molecule has 6 nitrogen and oxygen atoms in total. The Morgan fingerprint density at radius 1 is 1.14 bits per heavy atom. The molecule has 2 heterocycles. The lowest BCUT2D eigenvalue weighted by atomic mass is 10.2. The van der Waals surface area contributed by atoms with E-state index in [-0.39, 0.29) is 24.0 Å². The second-order valence-corrected chi connectivity index (χ2v) is 8.12. The van der Waals surface area contributed by atoms with E-state index in [4.69, 9.17) is 4.99 Å². The maximum Gasteiger partial charge on any atom is 0.191 e. The third-order valence-corrected chi connectivity index (χ3v) is 5.22. The highest BCUT2D eigenvalue weighted by Crippen LogP contribution is 2.17. The molecule has 1 aliphatic heterocycles. The summed E-state index contributed by atoms with van der Waals surface area (Å²) in [5.41, 5.74) is 1.14. The molecule has 0 unspecified atom stereocenters. The number of pyridine rings is 1. The number of halogens is 1. The second kappa shape index (κ2) is 14.0.